The second-order valence-electron chi connectivity index (χ2n) is 8.51. The van der Waals surface area contributed by atoms with Crippen molar-refractivity contribution in [1.29, 1.82) is 0 Å². The van der Waals surface area contributed by atoms with Crippen LogP contribution in [0.3, 0.4) is 0 Å². The van der Waals surface area contributed by atoms with Gasteiger partial charge >= 0.3 is 0 Å². The smallest absolute Gasteiger partial charge is 0.232 e. The zero-order chi connectivity index (χ0) is 22.0. The van der Waals surface area contributed by atoms with Gasteiger partial charge in [-0.05, 0) is 36.5 Å². The summed E-state index contributed by atoms with van der Waals surface area (Å²) in [5.74, 6) is 0.747. The van der Waals surface area contributed by atoms with Crippen LogP contribution in [0.25, 0.3) is 0 Å². The maximum absolute atomic E-state index is 13.6. The van der Waals surface area contributed by atoms with Crippen LogP contribution in [0, 0.1) is 5.92 Å². The summed E-state index contributed by atoms with van der Waals surface area (Å²) < 4.78 is 11.5. The van der Waals surface area contributed by atoms with Gasteiger partial charge in [0.2, 0.25) is 5.91 Å². The Morgan fingerprint density at radius 3 is 2.06 bits per heavy atom. The molecule has 0 spiro atoms. The third-order valence-corrected chi connectivity index (χ3v) is 6.64. The Kier molecular flexibility index (Phi) is 5.68. The molecule has 1 saturated heterocycles. The lowest BCUT2D eigenvalue weighted by molar-refractivity contribution is -0.125. The lowest BCUT2D eigenvalue weighted by atomic mass is 9.76. The minimum absolute atomic E-state index is 0.00760. The number of nitrogens with one attached hydrogen (secondary N) is 1. The van der Waals surface area contributed by atoms with Gasteiger partial charge in [-0.1, -0.05) is 66.7 Å². The SMILES string of the molecule is O=C(NC[C@](O)(c1ccccc1)C1CCOCC1)C1c2ccccc2Oc2ccccc21. The monoisotopic (exact) mass is 429 g/mol. The first-order valence-electron chi connectivity index (χ1n) is 11.2. The predicted molar refractivity (Wildman–Crippen MR) is 122 cm³/mol. The molecule has 1 atom stereocenters. The molecule has 3 aromatic carbocycles. The van der Waals surface area contributed by atoms with E-state index < -0.39 is 11.5 Å². The van der Waals surface area contributed by atoms with E-state index in [1.807, 2.05) is 78.9 Å². The molecule has 3 aromatic rings. The van der Waals surface area contributed by atoms with Crippen LogP contribution in [-0.4, -0.2) is 30.8 Å². The molecule has 0 unspecified atom stereocenters. The van der Waals surface area contributed by atoms with Crippen molar-refractivity contribution in [2.75, 3.05) is 19.8 Å². The number of para-hydroxylation sites is 2. The van der Waals surface area contributed by atoms with E-state index >= 15 is 0 Å². The number of carbonyl (C=O) groups is 1. The fourth-order valence-electron chi connectivity index (χ4n) is 4.90. The number of hydrogen-bond donors (Lipinski definition) is 2. The quantitative estimate of drug-likeness (QED) is 0.633. The first-order chi connectivity index (χ1) is 15.7. The highest BCUT2D eigenvalue weighted by molar-refractivity contribution is 5.89. The molecule has 2 heterocycles. The summed E-state index contributed by atoms with van der Waals surface area (Å²) in [6.45, 7) is 1.38. The Morgan fingerprint density at radius 1 is 0.875 bits per heavy atom. The topological polar surface area (TPSA) is 67.8 Å². The third-order valence-electron chi connectivity index (χ3n) is 6.64. The molecule has 2 aliphatic rings. The molecule has 2 aliphatic heterocycles. The van der Waals surface area contributed by atoms with E-state index in [-0.39, 0.29) is 18.4 Å². The molecule has 0 radical (unpaired) electrons. The third kappa shape index (κ3) is 3.78. The summed E-state index contributed by atoms with van der Waals surface area (Å²) in [6.07, 6.45) is 1.51. The predicted octanol–water partition coefficient (Wildman–Crippen LogP) is 4.35. The molecule has 0 aliphatic carbocycles. The number of aliphatic hydroxyl groups is 1. The Bertz CT molecular complexity index is 1050. The van der Waals surface area contributed by atoms with Gasteiger partial charge in [0.25, 0.3) is 0 Å². The van der Waals surface area contributed by atoms with Crippen molar-refractivity contribution in [1.82, 2.24) is 5.32 Å². The normalized spacial score (nSPS) is 18.0. The Hall–Kier alpha value is -3.15. The lowest BCUT2D eigenvalue weighted by Crippen LogP contribution is -2.48. The van der Waals surface area contributed by atoms with Gasteiger partial charge in [0.05, 0.1) is 12.5 Å². The summed E-state index contributed by atoms with van der Waals surface area (Å²) in [6, 6.07) is 24.9. The van der Waals surface area contributed by atoms with Crippen molar-refractivity contribution in [2.24, 2.45) is 5.92 Å². The van der Waals surface area contributed by atoms with E-state index in [9.17, 15) is 9.90 Å². The molecule has 5 rings (SSSR count). The number of hydrogen-bond acceptors (Lipinski definition) is 4. The fraction of sp³-hybridized carbons (Fsp3) is 0.296. The van der Waals surface area contributed by atoms with Crippen LogP contribution in [0.2, 0.25) is 0 Å². The van der Waals surface area contributed by atoms with Crippen LogP contribution < -0.4 is 10.1 Å². The number of rotatable bonds is 5. The van der Waals surface area contributed by atoms with Crippen LogP contribution in [0.4, 0.5) is 0 Å². The van der Waals surface area contributed by atoms with E-state index in [2.05, 4.69) is 5.32 Å². The number of benzene rings is 3. The number of ether oxygens (including phenoxy) is 2. The summed E-state index contributed by atoms with van der Waals surface area (Å²) in [5.41, 5.74) is 1.32. The number of amides is 1. The molecule has 0 aromatic heterocycles. The van der Waals surface area contributed by atoms with Crippen LogP contribution in [0.1, 0.15) is 35.4 Å². The highest BCUT2D eigenvalue weighted by atomic mass is 16.5. The van der Waals surface area contributed by atoms with Crippen molar-refractivity contribution in [2.45, 2.75) is 24.4 Å². The van der Waals surface area contributed by atoms with Crippen LogP contribution >= 0.6 is 0 Å². The minimum Gasteiger partial charge on any atom is -0.457 e. The average Bonchev–Trinajstić information content (AvgIpc) is 2.86. The summed E-state index contributed by atoms with van der Waals surface area (Å²) >= 11 is 0. The molecule has 0 saturated carbocycles. The van der Waals surface area contributed by atoms with E-state index in [0.29, 0.717) is 24.7 Å². The Balaban J connectivity index is 1.44. The highest BCUT2D eigenvalue weighted by Crippen LogP contribution is 2.44. The first-order valence-corrected chi connectivity index (χ1v) is 11.2. The van der Waals surface area contributed by atoms with E-state index in [1.165, 1.54) is 0 Å². The maximum Gasteiger partial charge on any atom is 0.232 e. The number of fused-ring (bicyclic) bond motifs is 2. The fourth-order valence-corrected chi connectivity index (χ4v) is 4.90. The van der Waals surface area contributed by atoms with Crippen molar-refractivity contribution in [3.8, 4) is 11.5 Å². The van der Waals surface area contributed by atoms with Crippen molar-refractivity contribution >= 4 is 5.91 Å². The molecule has 1 amide bonds. The van der Waals surface area contributed by atoms with Crippen molar-refractivity contribution < 1.29 is 19.4 Å². The van der Waals surface area contributed by atoms with Crippen LogP contribution in [0.15, 0.2) is 78.9 Å². The second-order valence-corrected chi connectivity index (χ2v) is 8.51. The largest absolute Gasteiger partial charge is 0.457 e. The summed E-state index contributed by atoms with van der Waals surface area (Å²) in [7, 11) is 0. The number of carbonyl (C=O) groups excluding carboxylic acids is 1. The summed E-state index contributed by atoms with van der Waals surface area (Å²) in [4.78, 5) is 13.6. The van der Waals surface area contributed by atoms with E-state index in [0.717, 1.165) is 29.5 Å². The zero-order valence-corrected chi connectivity index (χ0v) is 17.9. The van der Waals surface area contributed by atoms with Gasteiger partial charge in [0.1, 0.15) is 17.1 Å². The molecule has 32 heavy (non-hydrogen) atoms. The van der Waals surface area contributed by atoms with E-state index in [4.69, 9.17) is 9.47 Å². The van der Waals surface area contributed by atoms with E-state index in [1.54, 1.807) is 0 Å². The molecule has 5 heteroatoms. The van der Waals surface area contributed by atoms with Crippen molar-refractivity contribution in [3.63, 3.8) is 0 Å². The van der Waals surface area contributed by atoms with Gasteiger partial charge in [0, 0.05) is 24.3 Å². The van der Waals surface area contributed by atoms with Gasteiger partial charge < -0.3 is 19.9 Å². The first kappa shape index (κ1) is 20.7. The Labute approximate surface area is 188 Å². The maximum atomic E-state index is 13.6. The summed E-state index contributed by atoms with van der Waals surface area (Å²) in [5, 5.41) is 14.9. The molecule has 164 valence electrons. The molecule has 2 N–H and O–H groups in total. The molecule has 5 nitrogen and oxygen atoms in total. The highest BCUT2D eigenvalue weighted by Gasteiger charge is 2.41. The van der Waals surface area contributed by atoms with Gasteiger partial charge in [-0.3, -0.25) is 4.79 Å². The van der Waals surface area contributed by atoms with Gasteiger partial charge in [0.15, 0.2) is 0 Å². The second kappa shape index (κ2) is 8.77. The van der Waals surface area contributed by atoms with Gasteiger partial charge in [-0.25, -0.2) is 0 Å². The van der Waals surface area contributed by atoms with Gasteiger partial charge in [-0.15, -0.1) is 0 Å². The van der Waals surface area contributed by atoms with Crippen LogP contribution in [0.5, 0.6) is 11.5 Å². The van der Waals surface area contributed by atoms with Gasteiger partial charge in [-0.2, -0.15) is 0 Å². The lowest BCUT2D eigenvalue weighted by Gasteiger charge is -2.39. The standard InChI is InChI=1S/C27H27NO4/c29-26(25-21-10-4-6-12-23(21)32-24-13-7-5-11-22(24)25)28-18-27(30,19-8-2-1-3-9-19)20-14-16-31-17-15-20/h1-13,20,25,30H,14-18H2,(H,28,29)/t27-/m0/s1. The van der Waals surface area contributed by atoms with Crippen LogP contribution in [-0.2, 0) is 15.1 Å². The molecular formula is C27H27NO4. The zero-order valence-electron chi connectivity index (χ0n) is 17.9. The molecular weight excluding hydrogens is 402 g/mol. The molecule has 1 fully saturated rings. The average molecular weight is 430 g/mol. The Morgan fingerprint density at radius 2 is 1.44 bits per heavy atom. The molecule has 0 bridgehead atoms. The minimum atomic E-state index is -1.16. The van der Waals surface area contributed by atoms with Crippen molar-refractivity contribution in [3.05, 3.63) is 95.6 Å².